The van der Waals surface area contributed by atoms with Gasteiger partial charge in [-0.1, -0.05) is 36.4 Å². The SMILES string of the molecule is O=C(CCCc1ccccc1)N1CCOc2ccc(CN3CCN(c4ccc(F)cc4)CC3)cc2C1. The van der Waals surface area contributed by atoms with E-state index in [2.05, 4.69) is 40.1 Å². The number of aryl methyl sites for hydroxylation is 1. The molecule has 3 aromatic rings. The summed E-state index contributed by atoms with van der Waals surface area (Å²) in [5.41, 5.74) is 4.68. The van der Waals surface area contributed by atoms with E-state index in [1.165, 1.54) is 23.3 Å². The van der Waals surface area contributed by atoms with Crippen molar-refractivity contribution in [2.75, 3.05) is 44.2 Å². The fourth-order valence-electron chi connectivity index (χ4n) is 5.08. The largest absolute Gasteiger partial charge is 0.491 e. The van der Waals surface area contributed by atoms with Crippen molar-refractivity contribution in [2.24, 2.45) is 0 Å². The number of halogens is 1. The van der Waals surface area contributed by atoms with Crippen LogP contribution in [-0.4, -0.2) is 55.0 Å². The van der Waals surface area contributed by atoms with Gasteiger partial charge in [0.15, 0.2) is 0 Å². The van der Waals surface area contributed by atoms with Gasteiger partial charge in [-0.15, -0.1) is 0 Å². The third-order valence-corrected chi connectivity index (χ3v) is 7.13. The van der Waals surface area contributed by atoms with E-state index >= 15 is 0 Å². The van der Waals surface area contributed by atoms with Gasteiger partial charge in [0.05, 0.1) is 6.54 Å². The first-order chi connectivity index (χ1) is 17.6. The van der Waals surface area contributed by atoms with E-state index in [0.29, 0.717) is 26.1 Å². The molecule has 1 amide bonds. The molecule has 5 nitrogen and oxygen atoms in total. The highest BCUT2D eigenvalue weighted by molar-refractivity contribution is 5.76. The normalized spacial score (nSPS) is 16.2. The first kappa shape index (κ1) is 24.3. The van der Waals surface area contributed by atoms with Crippen LogP contribution in [0.15, 0.2) is 72.8 Å². The predicted octanol–water partition coefficient (Wildman–Crippen LogP) is 4.89. The van der Waals surface area contributed by atoms with Crippen LogP contribution in [0.5, 0.6) is 5.75 Å². The Balaban J connectivity index is 1.14. The fourth-order valence-corrected chi connectivity index (χ4v) is 5.08. The Kier molecular flexibility index (Phi) is 7.82. The Morgan fingerprint density at radius 2 is 1.64 bits per heavy atom. The van der Waals surface area contributed by atoms with Gasteiger partial charge in [0.2, 0.25) is 5.91 Å². The van der Waals surface area contributed by atoms with Crippen LogP contribution in [0.1, 0.15) is 29.5 Å². The van der Waals surface area contributed by atoms with Crippen LogP contribution >= 0.6 is 0 Å². The molecule has 6 heteroatoms. The summed E-state index contributed by atoms with van der Waals surface area (Å²) in [5.74, 6) is 0.890. The van der Waals surface area contributed by atoms with Crippen LogP contribution in [0, 0.1) is 5.82 Å². The van der Waals surface area contributed by atoms with Crippen LogP contribution in [-0.2, 0) is 24.3 Å². The van der Waals surface area contributed by atoms with E-state index < -0.39 is 0 Å². The van der Waals surface area contributed by atoms with Crippen LogP contribution in [0.4, 0.5) is 10.1 Å². The third kappa shape index (κ3) is 6.24. The molecule has 0 saturated carbocycles. The van der Waals surface area contributed by atoms with Gasteiger partial charge in [0.25, 0.3) is 0 Å². The molecule has 2 heterocycles. The molecule has 0 spiro atoms. The highest BCUT2D eigenvalue weighted by Crippen LogP contribution is 2.26. The van der Waals surface area contributed by atoms with Crippen LogP contribution in [0.2, 0.25) is 0 Å². The molecular weight excluding hydrogens is 453 g/mol. The van der Waals surface area contributed by atoms with E-state index in [1.54, 1.807) is 0 Å². The van der Waals surface area contributed by atoms with E-state index in [4.69, 9.17) is 4.74 Å². The maximum atomic E-state index is 13.2. The monoisotopic (exact) mass is 487 g/mol. The lowest BCUT2D eigenvalue weighted by molar-refractivity contribution is -0.132. The molecule has 2 aliphatic rings. The smallest absolute Gasteiger partial charge is 0.222 e. The Morgan fingerprint density at radius 3 is 2.42 bits per heavy atom. The second kappa shape index (κ2) is 11.6. The molecule has 0 unspecified atom stereocenters. The number of carbonyl (C=O) groups is 1. The topological polar surface area (TPSA) is 36.0 Å². The van der Waals surface area contributed by atoms with E-state index in [-0.39, 0.29) is 11.7 Å². The van der Waals surface area contributed by atoms with Gasteiger partial charge in [0, 0.05) is 56.9 Å². The third-order valence-electron chi connectivity index (χ3n) is 7.13. The molecule has 36 heavy (non-hydrogen) atoms. The molecular formula is C30H34FN3O2. The zero-order valence-electron chi connectivity index (χ0n) is 20.7. The van der Waals surface area contributed by atoms with Crippen molar-refractivity contribution in [1.82, 2.24) is 9.80 Å². The van der Waals surface area contributed by atoms with Gasteiger partial charge >= 0.3 is 0 Å². The fraction of sp³-hybridized carbons (Fsp3) is 0.367. The predicted molar refractivity (Wildman–Crippen MR) is 141 cm³/mol. The lowest BCUT2D eigenvalue weighted by Crippen LogP contribution is -2.45. The molecule has 1 fully saturated rings. The zero-order valence-corrected chi connectivity index (χ0v) is 20.7. The highest BCUT2D eigenvalue weighted by Gasteiger charge is 2.21. The minimum atomic E-state index is -0.197. The number of carbonyl (C=O) groups excluding carboxylic acids is 1. The molecule has 0 radical (unpaired) electrons. The van der Waals surface area contributed by atoms with E-state index in [0.717, 1.165) is 62.6 Å². The summed E-state index contributed by atoms with van der Waals surface area (Å²) < 4.78 is 19.2. The Morgan fingerprint density at radius 1 is 0.861 bits per heavy atom. The van der Waals surface area contributed by atoms with Crippen molar-refractivity contribution in [1.29, 1.82) is 0 Å². The van der Waals surface area contributed by atoms with Gasteiger partial charge in [-0.25, -0.2) is 4.39 Å². The lowest BCUT2D eigenvalue weighted by atomic mass is 10.1. The zero-order chi connectivity index (χ0) is 24.7. The molecule has 0 atom stereocenters. The number of rotatable bonds is 7. The van der Waals surface area contributed by atoms with Crippen molar-refractivity contribution in [2.45, 2.75) is 32.4 Å². The number of amides is 1. The van der Waals surface area contributed by atoms with Crippen LogP contribution < -0.4 is 9.64 Å². The van der Waals surface area contributed by atoms with Crippen molar-refractivity contribution in [3.8, 4) is 5.75 Å². The van der Waals surface area contributed by atoms with Crippen molar-refractivity contribution >= 4 is 11.6 Å². The molecule has 0 aliphatic carbocycles. The summed E-state index contributed by atoms with van der Waals surface area (Å²) in [7, 11) is 0. The second-order valence-corrected chi connectivity index (χ2v) is 9.68. The summed E-state index contributed by atoms with van der Waals surface area (Å²) in [6.45, 7) is 6.38. The Hall–Kier alpha value is -3.38. The minimum absolute atomic E-state index is 0.197. The summed E-state index contributed by atoms with van der Waals surface area (Å²) in [6.07, 6.45) is 2.34. The van der Waals surface area contributed by atoms with E-state index in [9.17, 15) is 9.18 Å². The standard InChI is InChI=1S/C30H34FN3O2/c31-27-10-12-28(13-11-27)33-17-15-32(16-18-33)22-25-9-14-29-26(21-25)23-34(19-20-36-29)30(35)8-4-7-24-5-2-1-3-6-24/h1-3,5-6,9-14,21H,4,7-8,15-20,22-23H2. The number of hydrogen-bond donors (Lipinski definition) is 0. The quantitative estimate of drug-likeness (QED) is 0.475. The van der Waals surface area contributed by atoms with Crippen molar-refractivity contribution < 1.29 is 13.9 Å². The maximum Gasteiger partial charge on any atom is 0.222 e. The molecule has 0 bridgehead atoms. The van der Waals surface area contributed by atoms with Gasteiger partial charge in [-0.3, -0.25) is 9.69 Å². The summed E-state index contributed by atoms with van der Waals surface area (Å²) in [5, 5.41) is 0. The molecule has 0 aromatic heterocycles. The summed E-state index contributed by atoms with van der Waals surface area (Å²) >= 11 is 0. The summed E-state index contributed by atoms with van der Waals surface area (Å²) in [6, 6.07) is 23.5. The molecule has 5 rings (SSSR count). The number of nitrogens with zero attached hydrogens (tertiary/aromatic N) is 3. The first-order valence-electron chi connectivity index (χ1n) is 12.9. The van der Waals surface area contributed by atoms with Crippen molar-refractivity contribution in [3.63, 3.8) is 0 Å². The molecule has 1 saturated heterocycles. The maximum absolute atomic E-state index is 13.2. The molecule has 2 aliphatic heterocycles. The number of fused-ring (bicyclic) bond motifs is 1. The van der Waals surface area contributed by atoms with Gasteiger partial charge in [0.1, 0.15) is 18.2 Å². The molecule has 3 aromatic carbocycles. The molecule has 0 N–H and O–H groups in total. The average Bonchev–Trinajstić information content (AvgIpc) is 3.12. The number of anilines is 1. The van der Waals surface area contributed by atoms with Crippen LogP contribution in [0.3, 0.4) is 0 Å². The van der Waals surface area contributed by atoms with Crippen LogP contribution in [0.25, 0.3) is 0 Å². The minimum Gasteiger partial charge on any atom is -0.491 e. The number of piperazine rings is 1. The second-order valence-electron chi connectivity index (χ2n) is 9.68. The van der Waals surface area contributed by atoms with Gasteiger partial charge < -0.3 is 14.5 Å². The van der Waals surface area contributed by atoms with Gasteiger partial charge in [-0.05, 0) is 60.4 Å². The summed E-state index contributed by atoms with van der Waals surface area (Å²) in [4.78, 5) is 19.7. The number of hydrogen-bond acceptors (Lipinski definition) is 4. The number of ether oxygens (including phenoxy) is 1. The highest BCUT2D eigenvalue weighted by atomic mass is 19.1. The lowest BCUT2D eigenvalue weighted by Gasteiger charge is -2.36. The Labute approximate surface area is 213 Å². The van der Waals surface area contributed by atoms with Gasteiger partial charge in [-0.2, -0.15) is 0 Å². The number of benzene rings is 3. The van der Waals surface area contributed by atoms with E-state index in [1.807, 2.05) is 35.2 Å². The average molecular weight is 488 g/mol. The first-order valence-corrected chi connectivity index (χ1v) is 12.9. The molecule has 188 valence electrons. The van der Waals surface area contributed by atoms with Crippen molar-refractivity contribution in [3.05, 3.63) is 95.3 Å². The Bertz CT molecular complexity index is 1140.